The maximum absolute atomic E-state index is 11.9. The summed E-state index contributed by atoms with van der Waals surface area (Å²) >= 11 is 6.46. The summed E-state index contributed by atoms with van der Waals surface area (Å²) in [4.78, 5) is 14.9. The molecule has 0 radical (unpaired) electrons. The van der Waals surface area contributed by atoms with Crippen molar-refractivity contribution in [2.24, 2.45) is 0 Å². The Hall–Kier alpha value is -0.700. The molecule has 0 bridgehead atoms. The smallest absolute Gasteiger partial charge is 0.323 e. The lowest BCUT2D eigenvalue weighted by molar-refractivity contribution is -0.142. The summed E-state index contributed by atoms with van der Waals surface area (Å²) < 4.78 is 30.5. The molecule has 0 amide bonds. The van der Waals surface area contributed by atoms with Crippen LogP contribution in [0.25, 0.3) is 0 Å². The Balaban J connectivity index is 2.97. The summed E-state index contributed by atoms with van der Waals surface area (Å²) in [5.41, 5.74) is 0.296. The van der Waals surface area contributed by atoms with Gasteiger partial charge in [0.2, 0.25) is 0 Å². The normalized spacial score (nSPS) is 13.4. The van der Waals surface area contributed by atoms with E-state index in [4.69, 9.17) is 11.6 Å². The number of esters is 1. The summed E-state index contributed by atoms with van der Waals surface area (Å²) in [5, 5.41) is 0. The molecule has 1 atom stereocenters. The van der Waals surface area contributed by atoms with E-state index < -0.39 is 22.0 Å². The first-order valence-electron chi connectivity index (χ1n) is 4.51. The largest absolute Gasteiger partial charge is 0.468 e. The van der Waals surface area contributed by atoms with E-state index in [0.29, 0.717) is 5.69 Å². The molecular weight excluding hydrogens is 288 g/mol. The van der Waals surface area contributed by atoms with Gasteiger partial charge in [-0.15, -0.1) is 0 Å². The van der Waals surface area contributed by atoms with E-state index in [-0.39, 0.29) is 8.68 Å². The fourth-order valence-corrected chi connectivity index (χ4v) is 4.06. The quantitative estimate of drug-likeness (QED) is 0.836. The van der Waals surface area contributed by atoms with Crippen molar-refractivity contribution in [1.29, 1.82) is 0 Å². The van der Waals surface area contributed by atoms with E-state index in [1.54, 1.807) is 0 Å². The first-order valence-corrected chi connectivity index (χ1v) is 7.18. The number of thiazole rings is 1. The highest BCUT2D eigenvalue weighted by atomic mass is 35.5. The molecule has 1 aromatic rings. The third-order valence-electron chi connectivity index (χ3n) is 1.86. The van der Waals surface area contributed by atoms with Crippen LogP contribution >= 0.6 is 22.9 Å². The molecule has 96 valence electrons. The van der Waals surface area contributed by atoms with Gasteiger partial charge in [-0.25, -0.2) is 13.4 Å². The molecule has 1 rings (SSSR count). The van der Waals surface area contributed by atoms with Crippen LogP contribution < -0.4 is 4.72 Å². The molecule has 6 nitrogen and oxygen atoms in total. The second-order valence-electron chi connectivity index (χ2n) is 3.21. The standard InChI is InChI=1S/C8H11ClN2O4S2/c1-4(6(12)15-3)11-17(13,14)7-5(2)10-8(9)16-7/h4,11H,1-3H3/t4-/m0/s1. The predicted molar refractivity (Wildman–Crippen MR) is 63.7 cm³/mol. The van der Waals surface area contributed by atoms with E-state index >= 15 is 0 Å². The van der Waals surface area contributed by atoms with Crippen molar-refractivity contribution in [3.63, 3.8) is 0 Å². The van der Waals surface area contributed by atoms with Crippen molar-refractivity contribution in [3.8, 4) is 0 Å². The van der Waals surface area contributed by atoms with Gasteiger partial charge in [-0.1, -0.05) is 22.9 Å². The average Bonchev–Trinajstić information content (AvgIpc) is 2.56. The van der Waals surface area contributed by atoms with Crippen LogP contribution in [0, 0.1) is 6.92 Å². The van der Waals surface area contributed by atoms with Crippen molar-refractivity contribution in [3.05, 3.63) is 10.2 Å². The fourth-order valence-electron chi connectivity index (χ4n) is 1.11. The SMILES string of the molecule is COC(=O)[C@H](C)NS(=O)(=O)c1sc(Cl)nc1C. The van der Waals surface area contributed by atoms with Gasteiger partial charge in [0, 0.05) is 0 Å². The molecule has 1 heterocycles. The number of sulfonamides is 1. The zero-order valence-electron chi connectivity index (χ0n) is 9.35. The monoisotopic (exact) mass is 298 g/mol. The van der Waals surface area contributed by atoms with E-state index in [9.17, 15) is 13.2 Å². The fraction of sp³-hybridized carbons (Fsp3) is 0.500. The van der Waals surface area contributed by atoms with Crippen LogP contribution in [-0.4, -0.2) is 32.5 Å². The number of halogens is 1. The zero-order valence-corrected chi connectivity index (χ0v) is 11.7. The maximum atomic E-state index is 11.9. The number of ether oxygens (including phenoxy) is 1. The molecule has 0 aromatic carbocycles. The Bertz CT molecular complexity index is 526. The zero-order chi connectivity index (χ0) is 13.2. The van der Waals surface area contributed by atoms with Gasteiger partial charge < -0.3 is 4.74 Å². The van der Waals surface area contributed by atoms with Crippen molar-refractivity contribution in [2.45, 2.75) is 24.1 Å². The highest BCUT2D eigenvalue weighted by Gasteiger charge is 2.26. The molecule has 17 heavy (non-hydrogen) atoms. The van der Waals surface area contributed by atoms with Crippen LogP contribution in [0.2, 0.25) is 4.47 Å². The van der Waals surface area contributed by atoms with Crippen LogP contribution in [0.15, 0.2) is 4.21 Å². The highest BCUT2D eigenvalue weighted by Crippen LogP contribution is 2.26. The van der Waals surface area contributed by atoms with Crippen LogP contribution in [0.5, 0.6) is 0 Å². The van der Waals surface area contributed by atoms with Crippen molar-refractivity contribution >= 4 is 38.9 Å². The van der Waals surface area contributed by atoms with Gasteiger partial charge in [-0.2, -0.15) is 4.72 Å². The van der Waals surface area contributed by atoms with Gasteiger partial charge in [0.25, 0.3) is 10.0 Å². The number of nitrogens with one attached hydrogen (secondary N) is 1. The number of hydrogen-bond donors (Lipinski definition) is 1. The summed E-state index contributed by atoms with van der Waals surface area (Å²) in [6.07, 6.45) is 0. The van der Waals surface area contributed by atoms with E-state index in [1.807, 2.05) is 0 Å². The topological polar surface area (TPSA) is 85.4 Å². The van der Waals surface area contributed by atoms with Gasteiger partial charge in [0.15, 0.2) is 8.68 Å². The highest BCUT2D eigenvalue weighted by molar-refractivity contribution is 7.91. The molecule has 1 aromatic heterocycles. The Morgan fingerprint density at radius 2 is 2.18 bits per heavy atom. The molecule has 0 saturated carbocycles. The lowest BCUT2D eigenvalue weighted by Gasteiger charge is -2.10. The first-order chi connectivity index (χ1) is 7.77. The lowest BCUT2D eigenvalue weighted by atomic mass is 10.4. The van der Waals surface area contributed by atoms with Crippen LogP contribution in [0.1, 0.15) is 12.6 Å². The second-order valence-corrected chi connectivity index (χ2v) is 6.70. The van der Waals surface area contributed by atoms with Crippen LogP contribution in [0.3, 0.4) is 0 Å². The third-order valence-corrected chi connectivity index (χ3v) is 5.27. The minimum absolute atomic E-state index is 0.00162. The molecule has 0 unspecified atom stereocenters. The van der Waals surface area contributed by atoms with E-state index in [2.05, 4.69) is 14.4 Å². The van der Waals surface area contributed by atoms with Gasteiger partial charge in [0.1, 0.15) is 6.04 Å². The van der Waals surface area contributed by atoms with Crippen LogP contribution in [0.4, 0.5) is 0 Å². The molecule has 0 saturated heterocycles. The number of hydrogen-bond acceptors (Lipinski definition) is 6. The molecule has 9 heteroatoms. The first kappa shape index (κ1) is 14.4. The maximum Gasteiger partial charge on any atom is 0.323 e. The Morgan fingerprint density at radius 1 is 1.59 bits per heavy atom. The molecule has 1 N–H and O–H groups in total. The third kappa shape index (κ3) is 3.38. The Kier molecular flexibility index (Phi) is 4.48. The van der Waals surface area contributed by atoms with Crippen molar-refractivity contribution in [2.75, 3.05) is 7.11 Å². The average molecular weight is 299 g/mol. The number of carbonyl (C=O) groups excluding carboxylic acids is 1. The lowest BCUT2D eigenvalue weighted by Crippen LogP contribution is -2.39. The number of methoxy groups -OCH3 is 1. The molecule has 0 aliphatic heterocycles. The number of aryl methyl sites for hydroxylation is 1. The van der Waals surface area contributed by atoms with Crippen molar-refractivity contribution in [1.82, 2.24) is 9.71 Å². The predicted octanol–water partition coefficient (Wildman–Crippen LogP) is 0.945. The van der Waals surface area contributed by atoms with Gasteiger partial charge in [-0.05, 0) is 13.8 Å². The second kappa shape index (κ2) is 5.30. The molecule has 0 fully saturated rings. The Labute approximate surface area is 108 Å². The molecule has 0 aliphatic carbocycles. The van der Waals surface area contributed by atoms with Gasteiger partial charge in [0.05, 0.1) is 12.8 Å². The van der Waals surface area contributed by atoms with Gasteiger partial charge >= 0.3 is 5.97 Å². The minimum Gasteiger partial charge on any atom is -0.468 e. The summed E-state index contributed by atoms with van der Waals surface area (Å²) in [7, 11) is -2.62. The Morgan fingerprint density at radius 3 is 2.59 bits per heavy atom. The molecule has 0 aliphatic rings. The summed E-state index contributed by atoms with van der Waals surface area (Å²) in [6.45, 7) is 2.92. The van der Waals surface area contributed by atoms with Crippen molar-refractivity contribution < 1.29 is 17.9 Å². The number of nitrogens with zero attached hydrogens (tertiary/aromatic N) is 1. The van der Waals surface area contributed by atoms with E-state index in [1.165, 1.54) is 21.0 Å². The number of carbonyl (C=O) groups is 1. The summed E-state index contributed by atoms with van der Waals surface area (Å²) in [6, 6.07) is -0.967. The number of aromatic nitrogens is 1. The van der Waals surface area contributed by atoms with Crippen LogP contribution in [-0.2, 0) is 19.6 Å². The minimum atomic E-state index is -3.80. The molecule has 0 spiro atoms. The molecular formula is C8H11ClN2O4S2. The number of rotatable bonds is 4. The summed E-state index contributed by atoms with van der Waals surface area (Å²) in [5.74, 6) is -0.665. The van der Waals surface area contributed by atoms with Gasteiger partial charge in [-0.3, -0.25) is 4.79 Å². The van der Waals surface area contributed by atoms with E-state index in [0.717, 1.165) is 11.3 Å².